The van der Waals surface area contributed by atoms with Gasteiger partial charge >= 0.3 is 5.97 Å². The Bertz CT molecular complexity index is 595. The largest absolute Gasteiger partial charge is 0.465 e. The van der Waals surface area contributed by atoms with Crippen LogP contribution in [0.5, 0.6) is 0 Å². The Morgan fingerprint density at radius 2 is 2.21 bits per heavy atom. The van der Waals surface area contributed by atoms with E-state index >= 15 is 0 Å². The van der Waals surface area contributed by atoms with Crippen LogP contribution in [0.15, 0.2) is 24.3 Å². The third-order valence-corrected chi connectivity index (χ3v) is 3.61. The molecule has 6 heteroatoms. The van der Waals surface area contributed by atoms with Crippen LogP contribution < -0.4 is 5.73 Å². The van der Waals surface area contributed by atoms with Gasteiger partial charge in [-0.1, -0.05) is 12.1 Å². The summed E-state index contributed by atoms with van der Waals surface area (Å²) in [4.78, 5) is 16.6. The van der Waals surface area contributed by atoms with Crippen LogP contribution >= 0.6 is 11.3 Å². The van der Waals surface area contributed by atoms with E-state index in [1.165, 1.54) is 18.4 Å². The molecule has 0 bridgehead atoms. The number of aromatic nitrogens is 1. The lowest BCUT2D eigenvalue weighted by molar-refractivity contribution is 0.0601. The summed E-state index contributed by atoms with van der Waals surface area (Å²) < 4.78 is 9.80. The lowest BCUT2D eigenvalue weighted by atomic mass is 10.2. The summed E-state index contributed by atoms with van der Waals surface area (Å²) in [7, 11) is 2.90. The maximum Gasteiger partial charge on any atom is 0.350 e. The van der Waals surface area contributed by atoms with Gasteiger partial charge in [-0.3, -0.25) is 0 Å². The van der Waals surface area contributed by atoms with Gasteiger partial charge in [-0.15, -0.1) is 11.3 Å². The number of nitrogen functional groups attached to an aromatic ring is 1. The summed E-state index contributed by atoms with van der Waals surface area (Å²) >= 11 is 1.27. The number of hydrogen-bond donors (Lipinski definition) is 1. The fourth-order valence-corrected chi connectivity index (χ4v) is 2.62. The van der Waals surface area contributed by atoms with Gasteiger partial charge in [0.15, 0.2) is 0 Å². The van der Waals surface area contributed by atoms with Crippen molar-refractivity contribution in [3.8, 4) is 10.6 Å². The Morgan fingerprint density at radius 3 is 2.84 bits per heavy atom. The van der Waals surface area contributed by atoms with Gasteiger partial charge < -0.3 is 15.2 Å². The normalized spacial score (nSPS) is 10.4. The molecule has 0 atom stereocenters. The topological polar surface area (TPSA) is 74.4 Å². The molecule has 0 aliphatic carbocycles. The molecule has 0 spiro atoms. The van der Waals surface area contributed by atoms with E-state index < -0.39 is 5.97 Å². The monoisotopic (exact) mass is 278 g/mol. The summed E-state index contributed by atoms with van der Waals surface area (Å²) in [6, 6.07) is 7.36. The standard InChI is InChI=1S/C13H14N2O3S/c1-17-7-10-11(13(16)18-2)19-12(15-10)8-4-3-5-9(14)6-8/h3-6H,7,14H2,1-2H3. The fourth-order valence-electron chi connectivity index (χ4n) is 1.63. The number of carbonyl (C=O) groups is 1. The fraction of sp³-hybridized carbons (Fsp3) is 0.231. The van der Waals surface area contributed by atoms with Gasteiger partial charge in [0.05, 0.1) is 19.4 Å². The molecule has 0 aliphatic heterocycles. The molecule has 19 heavy (non-hydrogen) atoms. The summed E-state index contributed by atoms with van der Waals surface area (Å²) in [6.07, 6.45) is 0. The Kier molecular flexibility index (Phi) is 4.13. The predicted octanol–water partition coefficient (Wildman–Crippen LogP) is 2.33. The molecule has 1 heterocycles. The number of nitrogens with two attached hydrogens (primary N) is 1. The SMILES string of the molecule is COCc1nc(-c2cccc(N)c2)sc1C(=O)OC. The Labute approximate surface area is 115 Å². The minimum atomic E-state index is -0.403. The highest BCUT2D eigenvalue weighted by atomic mass is 32.1. The molecule has 2 aromatic rings. The van der Waals surface area contributed by atoms with Gasteiger partial charge in [0.25, 0.3) is 0 Å². The predicted molar refractivity (Wildman–Crippen MR) is 74.0 cm³/mol. The first-order chi connectivity index (χ1) is 9.15. The number of carbonyl (C=O) groups excluding carboxylic acids is 1. The molecule has 0 radical (unpaired) electrons. The molecule has 2 rings (SSSR count). The van der Waals surface area contributed by atoms with Gasteiger partial charge in [0.1, 0.15) is 9.88 Å². The zero-order valence-corrected chi connectivity index (χ0v) is 11.5. The second kappa shape index (κ2) is 5.81. The van der Waals surface area contributed by atoms with E-state index in [0.29, 0.717) is 16.3 Å². The molecule has 0 saturated carbocycles. The van der Waals surface area contributed by atoms with Crippen molar-refractivity contribution in [1.29, 1.82) is 0 Å². The number of nitrogens with zero attached hydrogens (tertiary/aromatic N) is 1. The van der Waals surface area contributed by atoms with E-state index in [1.807, 2.05) is 18.2 Å². The van der Waals surface area contributed by atoms with Gasteiger partial charge in [0, 0.05) is 18.4 Å². The van der Waals surface area contributed by atoms with Crippen molar-refractivity contribution in [2.24, 2.45) is 0 Å². The average molecular weight is 278 g/mol. The van der Waals surface area contributed by atoms with Crippen LogP contribution in [-0.2, 0) is 16.1 Å². The molecule has 0 unspecified atom stereocenters. The van der Waals surface area contributed by atoms with Crippen molar-refractivity contribution in [3.05, 3.63) is 34.8 Å². The maximum absolute atomic E-state index is 11.7. The maximum atomic E-state index is 11.7. The van der Waals surface area contributed by atoms with Crippen LogP contribution in [0.1, 0.15) is 15.4 Å². The summed E-state index contributed by atoms with van der Waals surface area (Å²) in [5, 5.41) is 0.722. The molecule has 2 N–H and O–H groups in total. The number of hydrogen-bond acceptors (Lipinski definition) is 6. The van der Waals surface area contributed by atoms with Crippen molar-refractivity contribution in [3.63, 3.8) is 0 Å². The van der Waals surface area contributed by atoms with E-state index in [9.17, 15) is 4.79 Å². The van der Waals surface area contributed by atoms with Crippen molar-refractivity contribution in [2.45, 2.75) is 6.61 Å². The first kappa shape index (κ1) is 13.5. The lowest BCUT2D eigenvalue weighted by Gasteiger charge is -1.98. The number of benzene rings is 1. The molecule has 0 saturated heterocycles. The van der Waals surface area contributed by atoms with Crippen molar-refractivity contribution in [2.75, 3.05) is 20.0 Å². The Hall–Kier alpha value is -1.92. The highest BCUT2D eigenvalue weighted by Crippen LogP contribution is 2.30. The highest BCUT2D eigenvalue weighted by Gasteiger charge is 2.19. The number of ether oxygens (including phenoxy) is 2. The van der Waals surface area contributed by atoms with Crippen molar-refractivity contribution >= 4 is 23.0 Å². The number of thiazole rings is 1. The molecule has 100 valence electrons. The number of rotatable bonds is 4. The van der Waals surface area contributed by atoms with Crippen LogP contribution in [0.4, 0.5) is 5.69 Å². The second-order valence-electron chi connectivity index (χ2n) is 3.84. The highest BCUT2D eigenvalue weighted by molar-refractivity contribution is 7.17. The van der Waals surface area contributed by atoms with Crippen molar-refractivity contribution in [1.82, 2.24) is 4.98 Å². The molecule has 0 amide bonds. The molecule has 0 fully saturated rings. The molecular weight excluding hydrogens is 264 g/mol. The minimum Gasteiger partial charge on any atom is -0.465 e. The van der Waals surface area contributed by atoms with Gasteiger partial charge in [-0.25, -0.2) is 9.78 Å². The van der Waals surface area contributed by atoms with Crippen LogP contribution in [0.2, 0.25) is 0 Å². The van der Waals surface area contributed by atoms with Crippen molar-refractivity contribution < 1.29 is 14.3 Å². The van der Waals surface area contributed by atoms with Gasteiger partial charge in [0.2, 0.25) is 0 Å². The number of esters is 1. The number of anilines is 1. The molecular formula is C13H14N2O3S. The van der Waals surface area contributed by atoms with Crippen LogP contribution in [-0.4, -0.2) is 25.2 Å². The van der Waals surface area contributed by atoms with Crippen LogP contribution in [0.25, 0.3) is 10.6 Å². The zero-order chi connectivity index (χ0) is 13.8. The zero-order valence-electron chi connectivity index (χ0n) is 10.7. The van der Waals surface area contributed by atoms with Gasteiger partial charge in [-0.2, -0.15) is 0 Å². The third kappa shape index (κ3) is 2.91. The second-order valence-corrected chi connectivity index (χ2v) is 4.84. The Balaban J connectivity index is 2.45. The quantitative estimate of drug-likeness (QED) is 0.686. The molecule has 5 nitrogen and oxygen atoms in total. The summed E-state index contributed by atoms with van der Waals surface area (Å²) in [6.45, 7) is 0.267. The third-order valence-electron chi connectivity index (χ3n) is 2.48. The van der Waals surface area contributed by atoms with Crippen LogP contribution in [0, 0.1) is 0 Å². The summed E-state index contributed by atoms with van der Waals surface area (Å²) in [5.41, 5.74) is 7.85. The summed E-state index contributed by atoms with van der Waals surface area (Å²) in [5.74, 6) is -0.403. The molecule has 1 aromatic heterocycles. The van der Waals surface area contributed by atoms with Crippen LogP contribution in [0.3, 0.4) is 0 Å². The Morgan fingerprint density at radius 1 is 1.42 bits per heavy atom. The minimum absolute atomic E-state index is 0.267. The van der Waals surface area contributed by atoms with E-state index in [2.05, 4.69) is 4.98 Å². The smallest absolute Gasteiger partial charge is 0.350 e. The van der Waals surface area contributed by atoms with Gasteiger partial charge in [-0.05, 0) is 12.1 Å². The van der Waals surface area contributed by atoms with E-state index in [-0.39, 0.29) is 6.61 Å². The molecule has 1 aromatic carbocycles. The lowest BCUT2D eigenvalue weighted by Crippen LogP contribution is -2.03. The van der Waals surface area contributed by atoms with E-state index in [4.69, 9.17) is 15.2 Å². The average Bonchev–Trinajstić information content (AvgIpc) is 2.82. The number of methoxy groups -OCH3 is 2. The molecule has 0 aliphatic rings. The first-order valence-electron chi connectivity index (χ1n) is 5.58. The first-order valence-corrected chi connectivity index (χ1v) is 6.40. The van der Waals surface area contributed by atoms with E-state index in [0.717, 1.165) is 10.6 Å². The van der Waals surface area contributed by atoms with E-state index in [1.54, 1.807) is 13.2 Å².